The molecule has 0 saturated heterocycles. The Morgan fingerprint density at radius 1 is 0.952 bits per heavy atom. The molecule has 0 heterocycles. The van der Waals surface area contributed by atoms with Crippen LogP contribution in [0.15, 0.2) is 0 Å². The van der Waals surface area contributed by atoms with Crippen molar-refractivity contribution in [1.29, 1.82) is 0 Å². The van der Waals surface area contributed by atoms with Crippen LogP contribution in [0.2, 0.25) is 0 Å². The van der Waals surface area contributed by atoms with Crippen molar-refractivity contribution in [3.05, 3.63) is 0 Å². The second-order valence-corrected chi connectivity index (χ2v) is 6.15. The van der Waals surface area contributed by atoms with Gasteiger partial charge in [0.25, 0.3) is 7.82 Å². The summed E-state index contributed by atoms with van der Waals surface area (Å²) in [6.07, 6.45) is 0. The van der Waals surface area contributed by atoms with Crippen molar-refractivity contribution in [2.45, 2.75) is 20.8 Å². The Morgan fingerprint density at radius 2 is 1.43 bits per heavy atom. The molecule has 0 fully saturated rings. The lowest BCUT2D eigenvalue weighted by atomic mass is 10.4. The van der Waals surface area contributed by atoms with Crippen molar-refractivity contribution in [2.75, 3.05) is 67.3 Å². The second kappa shape index (κ2) is 13.6. The van der Waals surface area contributed by atoms with Gasteiger partial charge in [-0.05, 0) is 20.8 Å². The Morgan fingerprint density at radius 3 is 1.76 bits per heavy atom. The van der Waals surface area contributed by atoms with Gasteiger partial charge in [-0.25, -0.2) is 0 Å². The first-order chi connectivity index (χ1) is 9.80. The Bertz CT molecular complexity index is 265. The van der Waals surface area contributed by atoms with Crippen molar-refractivity contribution in [3.8, 4) is 0 Å². The van der Waals surface area contributed by atoms with Gasteiger partial charge in [-0.1, -0.05) is 0 Å². The molecule has 0 aromatic heterocycles. The van der Waals surface area contributed by atoms with Crippen LogP contribution in [0, 0.1) is 0 Å². The van der Waals surface area contributed by atoms with E-state index in [1.165, 1.54) is 24.1 Å². The summed E-state index contributed by atoms with van der Waals surface area (Å²) >= 11 is 0. The van der Waals surface area contributed by atoms with Gasteiger partial charge in [-0.3, -0.25) is 4.57 Å². The fourth-order valence-electron chi connectivity index (χ4n) is 1.18. The van der Waals surface area contributed by atoms with Gasteiger partial charge in [0.2, 0.25) is 0 Å². The highest BCUT2D eigenvalue weighted by Gasteiger charge is 2.10. The van der Waals surface area contributed by atoms with Crippen LogP contribution in [-0.2, 0) is 23.1 Å². The topological polar surface area (TPSA) is 77.1 Å². The average Bonchev–Trinajstić information content (AvgIpc) is 2.50. The third-order valence-electron chi connectivity index (χ3n) is 3.42. The van der Waals surface area contributed by atoms with Crippen LogP contribution in [0.5, 0.6) is 0 Å². The largest absolute Gasteiger partial charge is 0.756 e. The number of quaternary nitrogens is 1. The lowest BCUT2D eigenvalue weighted by molar-refractivity contribution is -0.904. The van der Waals surface area contributed by atoms with Crippen LogP contribution in [0.3, 0.4) is 0 Å². The summed E-state index contributed by atoms with van der Waals surface area (Å²) in [7, 11) is 0.795. The van der Waals surface area contributed by atoms with E-state index in [1.54, 1.807) is 7.11 Å². The first kappa shape index (κ1) is 23.3. The van der Waals surface area contributed by atoms with Crippen LogP contribution >= 0.6 is 7.82 Å². The molecule has 0 aliphatic carbocycles. The average molecular weight is 329 g/mol. The van der Waals surface area contributed by atoms with E-state index in [0.717, 1.165) is 7.11 Å². The summed E-state index contributed by atoms with van der Waals surface area (Å²) in [5.74, 6) is 0. The van der Waals surface area contributed by atoms with E-state index in [9.17, 15) is 9.46 Å². The van der Waals surface area contributed by atoms with Crippen molar-refractivity contribution in [1.82, 2.24) is 0 Å². The molecule has 0 aromatic carbocycles. The monoisotopic (exact) mass is 329 g/mol. The van der Waals surface area contributed by atoms with Crippen LogP contribution in [0.1, 0.15) is 20.8 Å². The summed E-state index contributed by atoms with van der Waals surface area (Å²) in [6.45, 7) is 11.5. The third-order valence-corrected chi connectivity index (χ3v) is 4.37. The molecule has 0 saturated carbocycles. The Hall–Kier alpha value is -0.0100. The maximum Gasteiger partial charge on any atom is 0.267 e. The number of hydrogen-bond acceptors (Lipinski definition) is 6. The molecule has 130 valence electrons. The van der Waals surface area contributed by atoms with Crippen molar-refractivity contribution in [3.63, 3.8) is 0 Å². The molecule has 0 rings (SSSR count). The summed E-state index contributed by atoms with van der Waals surface area (Å²) in [6, 6.07) is 0. The van der Waals surface area contributed by atoms with E-state index in [4.69, 9.17) is 9.47 Å². The standard InChI is InChI=1S/C7H18N.C6H15O6P/c1-5-8(4,6-2)7-3;1-9-3-4-11-5-6-12-13(7,8)10-2/h5-7H2,1-4H3;3-6H2,1-2H3,(H,7,8)/q+1;/p-1. The molecule has 0 amide bonds. The highest BCUT2D eigenvalue weighted by Crippen LogP contribution is 2.36. The molecule has 0 spiro atoms. The van der Waals surface area contributed by atoms with Gasteiger partial charge in [-0.15, -0.1) is 0 Å². The number of methoxy groups -OCH3 is 1. The zero-order chi connectivity index (χ0) is 16.8. The number of hydrogen-bond donors (Lipinski definition) is 0. The van der Waals surface area contributed by atoms with Crippen LogP contribution in [-0.4, -0.2) is 71.8 Å². The predicted octanol–water partition coefficient (Wildman–Crippen LogP) is 1.27. The van der Waals surface area contributed by atoms with Gasteiger partial charge < -0.3 is 27.9 Å². The summed E-state index contributed by atoms with van der Waals surface area (Å²) in [5, 5.41) is 0. The first-order valence-electron chi connectivity index (χ1n) is 7.22. The molecule has 0 N–H and O–H groups in total. The van der Waals surface area contributed by atoms with Gasteiger partial charge in [0.15, 0.2) is 0 Å². The molecule has 0 aliphatic rings. The number of phosphoric ester groups is 1. The van der Waals surface area contributed by atoms with Crippen LogP contribution in [0.25, 0.3) is 0 Å². The number of ether oxygens (including phenoxy) is 2. The second-order valence-electron chi connectivity index (χ2n) is 4.64. The molecular weight excluding hydrogens is 297 g/mol. The summed E-state index contributed by atoms with van der Waals surface area (Å²) in [5.41, 5.74) is 0. The number of rotatable bonds is 11. The van der Waals surface area contributed by atoms with Crippen molar-refractivity contribution < 1.29 is 32.5 Å². The van der Waals surface area contributed by atoms with Gasteiger partial charge in [0.05, 0.1) is 53.1 Å². The van der Waals surface area contributed by atoms with Crippen molar-refractivity contribution in [2.24, 2.45) is 0 Å². The Balaban J connectivity index is 0. The zero-order valence-electron chi connectivity index (χ0n) is 14.3. The van der Waals surface area contributed by atoms with E-state index in [-0.39, 0.29) is 13.2 Å². The maximum absolute atomic E-state index is 10.6. The fourth-order valence-corrected chi connectivity index (χ4v) is 1.58. The van der Waals surface area contributed by atoms with E-state index in [2.05, 4.69) is 36.9 Å². The smallest absolute Gasteiger partial charge is 0.267 e. The molecular formula is C13H32NO6P. The maximum atomic E-state index is 10.6. The van der Waals surface area contributed by atoms with Crippen LogP contribution in [0.4, 0.5) is 0 Å². The number of phosphoric acid groups is 1. The molecule has 7 nitrogen and oxygen atoms in total. The lowest BCUT2D eigenvalue weighted by Crippen LogP contribution is -2.42. The van der Waals surface area contributed by atoms with E-state index >= 15 is 0 Å². The summed E-state index contributed by atoms with van der Waals surface area (Å²) in [4.78, 5) is 10.6. The molecule has 21 heavy (non-hydrogen) atoms. The quantitative estimate of drug-likeness (QED) is 0.323. The molecule has 0 aliphatic heterocycles. The lowest BCUT2D eigenvalue weighted by Gasteiger charge is -2.30. The Labute approximate surface area is 129 Å². The van der Waals surface area contributed by atoms with Gasteiger partial charge >= 0.3 is 0 Å². The van der Waals surface area contributed by atoms with Gasteiger partial charge in [-0.2, -0.15) is 0 Å². The number of nitrogens with zero attached hydrogens (tertiary/aromatic N) is 1. The molecule has 0 bridgehead atoms. The molecule has 0 aromatic rings. The molecule has 1 atom stereocenters. The van der Waals surface area contributed by atoms with E-state index < -0.39 is 7.82 Å². The zero-order valence-corrected chi connectivity index (χ0v) is 15.2. The first-order valence-corrected chi connectivity index (χ1v) is 8.68. The minimum absolute atomic E-state index is 0.0433. The normalized spacial score (nSPS) is 14.2. The SMILES string of the molecule is CC[N+](C)(CC)CC.COCCOCCOP(=O)([O-])OC. The van der Waals surface area contributed by atoms with E-state index in [1.807, 2.05) is 0 Å². The molecule has 1 unspecified atom stereocenters. The van der Waals surface area contributed by atoms with Gasteiger partial charge in [0.1, 0.15) is 0 Å². The summed E-state index contributed by atoms with van der Waals surface area (Å²) < 4.78 is 29.9. The minimum Gasteiger partial charge on any atom is -0.756 e. The Kier molecular flexibility index (Phi) is 15.1. The third kappa shape index (κ3) is 14.7. The van der Waals surface area contributed by atoms with E-state index in [0.29, 0.717) is 13.2 Å². The molecule has 8 heteroatoms. The highest BCUT2D eigenvalue weighted by molar-refractivity contribution is 7.45. The van der Waals surface area contributed by atoms with Gasteiger partial charge in [0, 0.05) is 14.2 Å². The highest BCUT2D eigenvalue weighted by atomic mass is 31.2. The fraction of sp³-hybridized carbons (Fsp3) is 1.00. The molecule has 0 radical (unpaired) electrons. The minimum atomic E-state index is -4.09. The van der Waals surface area contributed by atoms with Crippen LogP contribution < -0.4 is 4.89 Å². The predicted molar refractivity (Wildman–Crippen MR) is 81.1 cm³/mol. The van der Waals surface area contributed by atoms with Crippen molar-refractivity contribution >= 4 is 7.82 Å².